The van der Waals surface area contributed by atoms with Crippen molar-refractivity contribution in [2.75, 3.05) is 18.6 Å². The molecule has 1 aliphatic heterocycles. The molecule has 1 saturated heterocycles. The molecule has 3 atom stereocenters. The summed E-state index contributed by atoms with van der Waals surface area (Å²) >= 11 is 4.15. The molecule has 0 amide bonds. The quantitative estimate of drug-likeness (QED) is 0.882. The maximum absolute atomic E-state index is 5.17. The van der Waals surface area contributed by atoms with E-state index in [0.717, 1.165) is 0 Å². The average Bonchev–Trinajstić information content (AvgIpc) is 2.75. The van der Waals surface area contributed by atoms with Gasteiger partial charge in [-0.2, -0.15) is 23.5 Å². The van der Waals surface area contributed by atoms with E-state index >= 15 is 0 Å². The molecule has 2 rings (SSSR count). The number of thioether (sulfide) groups is 2. The third-order valence-corrected chi connectivity index (χ3v) is 5.97. The van der Waals surface area contributed by atoms with Gasteiger partial charge in [0, 0.05) is 33.6 Å². The van der Waals surface area contributed by atoms with Crippen molar-refractivity contribution in [3.8, 4) is 0 Å². The number of nitrogens with one attached hydrogen (secondary N) is 1. The highest BCUT2D eigenvalue weighted by molar-refractivity contribution is 8.07. The van der Waals surface area contributed by atoms with Crippen LogP contribution in [0.3, 0.4) is 0 Å². The first-order valence-electron chi connectivity index (χ1n) is 5.25. The predicted molar refractivity (Wildman–Crippen MR) is 68.7 cm³/mol. The van der Waals surface area contributed by atoms with E-state index in [1.54, 1.807) is 6.26 Å². The van der Waals surface area contributed by atoms with Gasteiger partial charge in [0.1, 0.15) is 0 Å². The van der Waals surface area contributed by atoms with Gasteiger partial charge in [0.15, 0.2) is 0 Å². The smallest absolute Gasteiger partial charge is 0.0950 e. The molecule has 1 aromatic heterocycles. The molecule has 1 N–H and O–H groups in total. The summed E-state index contributed by atoms with van der Waals surface area (Å²) in [5, 5.41) is 4.76. The summed E-state index contributed by atoms with van der Waals surface area (Å²) < 4.78 is 5.17. The van der Waals surface area contributed by atoms with Crippen LogP contribution in [0.15, 0.2) is 23.0 Å². The first kappa shape index (κ1) is 11.4. The highest BCUT2D eigenvalue weighted by Gasteiger charge is 2.30. The molecule has 4 heteroatoms. The Morgan fingerprint density at radius 1 is 1.47 bits per heavy atom. The van der Waals surface area contributed by atoms with E-state index in [-0.39, 0.29) is 0 Å². The Bertz CT molecular complexity index is 289. The molecule has 3 unspecified atom stereocenters. The van der Waals surface area contributed by atoms with Crippen LogP contribution in [-0.2, 0) is 0 Å². The molecule has 0 aliphatic carbocycles. The summed E-state index contributed by atoms with van der Waals surface area (Å²) in [4.78, 5) is 0. The zero-order valence-corrected chi connectivity index (χ0v) is 10.7. The summed E-state index contributed by atoms with van der Waals surface area (Å²) in [5.41, 5.74) is 1.27. The van der Waals surface area contributed by atoms with E-state index in [0.29, 0.717) is 16.5 Å². The van der Waals surface area contributed by atoms with Crippen LogP contribution in [0.25, 0.3) is 0 Å². The zero-order chi connectivity index (χ0) is 10.7. The van der Waals surface area contributed by atoms with Gasteiger partial charge in [-0.3, -0.25) is 0 Å². The third kappa shape index (κ3) is 2.55. The fourth-order valence-corrected chi connectivity index (χ4v) is 4.98. The Morgan fingerprint density at radius 3 is 2.87 bits per heavy atom. The number of hydrogen-bond donors (Lipinski definition) is 1. The van der Waals surface area contributed by atoms with Crippen LogP contribution in [0.5, 0.6) is 0 Å². The fourth-order valence-electron chi connectivity index (χ4n) is 1.99. The standard InChI is InChI=1S/C11H17NOS2/c1-8-11(15-6-5-14-8)10(12-2)9-3-4-13-7-9/h3-4,7-8,10-12H,5-6H2,1-2H3. The first-order valence-corrected chi connectivity index (χ1v) is 7.35. The molecule has 0 spiro atoms. The van der Waals surface area contributed by atoms with E-state index in [9.17, 15) is 0 Å². The summed E-state index contributed by atoms with van der Waals surface area (Å²) in [5.74, 6) is 2.54. The van der Waals surface area contributed by atoms with Crippen LogP contribution in [-0.4, -0.2) is 29.1 Å². The Labute approximate surface area is 99.6 Å². The van der Waals surface area contributed by atoms with Crippen LogP contribution in [0.4, 0.5) is 0 Å². The maximum Gasteiger partial charge on any atom is 0.0950 e. The lowest BCUT2D eigenvalue weighted by atomic mass is 10.1. The molecule has 0 radical (unpaired) electrons. The lowest BCUT2D eigenvalue weighted by Crippen LogP contribution is -2.35. The molecule has 0 aromatic carbocycles. The van der Waals surface area contributed by atoms with Crippen molar-refractivity contribution in [2.24, 2.45) is 0 Å². The van der Waals surface area contributed by atoms with E-state index in [2.05, 4.69) is 41.8 Å². The van der Waals surface area contributed by atoms with E-state index in [4.69, 9.17) is 4.42 Å². The van der Waals surface area contributed by atoms with Gasteiger partial charge >= 0.3 is 0 Å². The number of furan rings is 1. The molecule has 0 bridgehead atoms. The minimum absolute atomic E-state index is 0.413. The van der Waals surface area contributed by atoms with Crippen molar-refractivity contribution in [3.05, 3.63) is 24.2 Å². The summed E-state index contributed by atoms with van der Waals surface area (Å²) in [6.45, 7) is 2.33. The molecule has 1 aromatic rings. The minimum atomic E-state index is 0.413. The summed E-state index contributed by atoms with van der Waals surface area (Å²) in [6.07, 6.45) is 3.61. The van der Waals surface area contributed by atoms with E-state index in [1.807, 2.05) is 13.3 Å². The highest BCUT2D eigenvalue weighted by Crippen LogP contribution is 2.38. The first-order chi connectivity index (χ1) is 7.33. The molecule has 1 fully saturated rings. The zero-order valence-electron chi connectivity index (χ0n) is 9.10. The second kappa shape index (κ2) is 5.32. The molecular formula is C11H17NOS2. The normalized spacial score (nSPS) is 28.9. The maximum atomic E-state index is 5.17. The molecule has 84 valence electrons. The Kier molecular flexibility index (Phi) is 4.05. The van der Waals surface area contributed by atoms with Crippen molar-refractivity contribution in [1.29, 1.82) is 0 Å². The van der Waals surface area contributed by atoms with Crippen LogP contribution < -0.4 is 5.32 Å². The lowest BCUT2D eigenvalue weighted by Gasteiger charge is -2.33. The largest absolute Gasteiger partial charge is 0.472 e. The van der Waals surface area contributed by atoms with Gasteiger partial charge in [-0.05, 0) is 13.1 Å². The van der Waals surface area contributed by atoms with Crippen molar-refractivity contribution in [1.82, 2.24) is 5.32 Å². The van der Waals surface area contributed by atoms with Crippen molar-refractivity contribution < 1.29 is 4.42 Å². The van der Waals surface area contributed by atoms with Gasteiger partial charge in [0.2, 0.25) is 0 Å². The van der Waals surface area contributed by atoms with E-state index < -0.39 is 0 Å². The van der Waals surface area contributed by atoms with Gasteiger partial charge in [-0.1, -0.05) is 6.92 Å². The molecule has 15 heavy (non-hydrogen) atoms. The second-order valence-corrected chi connectivity index (χ2v) is 6.51. The van der Waals surface area contributed by atoms with Gasteiger partial charge in [0.25, 0.3) is 0 Å². The van der Waals surface area contributed by atoms with Crippen molar-refractivity contribution >= 4 is 23.5 Å². The Hall–Kier alpha value is -0.0600. The lowest BCUT2D eigenvalue weighted by molar-refractivity contribution is 0.530. The van der Waals surface area contributed by atoms with Gasteiger partial charge in [0.05, 0.1) is 12.5 Å². The van der Waals surface area contributed by atoms with Gasteiger partial charge in [-0.25, -0.2) is 0 Å². The molecule has 2 heterocycles. The number of hydrogen-bond acceptors (Lipinski definition) is 4. The molecular weight excluding hydrogens is 226 g/mol. The van der Waals surface area contributed by atoms with Gasteiger partial charge in [-0.15, -0.1) is 0 Å². The average molecular weight is 243 g/mol. The minimum Gasteiger partial charge on any atom is -0.472 e. The molecule has 1 aliphatic rings. The predicted octanol–water partition coefficient (Wildman–Crippen LogP) is 2.78. The second-order valence-electron chi connectivity index (χ2n) is 3.73. The fraction of sp³-hybridized carbons (Fsp3) is 0.636. The monoisotopic (exact) mass is 243 g/mol. The molecule has 0 saturated carbocycles. The van der Waals surface area contributed by atoms with Crippen molar-refractivity contribution in [3.63, 3.8) is 0 Å². The summed E-state index contributed by atoms with van der Waals surface area (Å²) in [6, 6.07) is 2.48. The van der Waals surface area contributed by atoms with E-state index in [1.165, 1.54) is 17.1 Å². The summed E-state index contributed by atoms with van der Waals surface area (Å²) in [7, 11) is 2.03. The van der Waals surface area contributed by atoms with Crippen LogP contribution in [0.2, 0.25) is 0 Å². The topological polar surface area (TPSA) is 25.2 Å². The van der Waals surface area contributed by atoms with Crippen molar-refractivity contribution in [2.45, 2.75) is 23.5 Å². The Balaban J connectivity index is 2.11. The number of rotatable bonds is 3. The van der Waals surface area contributed by atoms with Gasteiger partial charge < -0.3 is 9.73 Å². The van der Waals surface area contributed by atoms with Crippen LogP contribution in [0, 0.1) is 0 Å². The highest BCUT2D eigenvalue weighted by atomic mass is 32.2. The van der Waals surface area contributed by atoms with Crippen LogP contribution in [0.1, 0.15) is 18.5 Å². The third-order valence-electron chi connectivity index (χ3n) is 2.78. The van der Waals surface area contributed by atoms with Crippen LogP contribution >= 0.6 is 23.5 Å². The SMILES string of the molecule is CNC(c1ccoc1)C1SCCSC1C. The molecule has 2 nitrogen and oxygen atoms in total. The Morgan fingerprint density at radius 2 is 2.27 bits per heavy atom.